The van der Waals surface area contributed by atoms with Gasteiger partial charge in [-0.2, -0.15) is 5.10 Å². The molecule has 0 unspecified atom stereocenters. The summed E-state index contributed by atoms with van der Waals surface area (Å²) in [4.78, 5) is 30.6. The second kappa shape index (κ2) is 6.61. The van der Waals surface area contributed by atoms with E-state index >= 15 is 0 Å². The first-order chi connectivity index (χ1) is 14.4. The molecule has 1 fully saturated rings. The number of hydrogen-bond acceptors (Lipinski definition) is 7. The number of nitrogens with zero attached hydrogens (tertiary/aromatic N) is 7. The lowest BCUT2D eigenvalue weighted by atomic mass is 10.1. The Hall–Kier alpha value is -3.82. The first-order valence-corrected chi connectivity index (χ1v) is 9.66. The smallest absolute Gasteiger partial charge is 0.271 e. The lowest BCUT2D eigenvalue weighted by Gasteiger charge is -2.14. The average Bonchev–Trinajstić information content (AvgIpc) is 3.45. The Morgan fingerprint density at radius 3 is 2.67 bits per heavy atom. The first kappa shape index (κ1) is 18.2. The Balaban J connectivity index is 1.71. The molecule has 152 valence electrons. The zero-order chi connectivity index (χ0) is 21.0. The average molecular weight is 403 g/mol. The molecule has 0 aromatic carbocycles. The molecular weight excluding hydrogens is 382 g/mol. The van der Waals surface area contributed by atoms with Crippen molar-refractivity contribution in [1.82, 2.24) is 34.3 Å². The second-order valence-corrected chi connectivity index (χ2v) is 7.60. The van der Waals surface area contributed by atoms with Gasteiger partial charge in [-0.05, 0) is 19.8 Å². The molecule has 1 aliphatic carbocycles. The third kappa shape index (κ3) is 2.88. The summed E-state index contributed by atoms with van der Waals surface area (Å²) in [5.41, 5.74) is 11.2. The largest absolute Gasteiger partial charge is 0.364 e. The number of pyridine rings is 1. The van der Waals surface area contributed by atoms with Crippen LogP contribution >= 0.6 is 0 Å². The van der Waals surface area contributed by atoms with E-state index in [4.69, 9.17) is 10.7 Å². The van der Waals surface area contributed by atoms with Gasteiger partial charge in [0.2, 0.25) is 0 Å². The number of rotatable bonds is 5. The summed E-state index contributed by atoms with van der Waals surface area (Å²) in [5, 5.41) is 7.42. The molecule has 1 aliphatic rings. The minimum absolute atomic E-state index is 0.0746. The van der Waals surface area contributed by atoms with Crippen molar-refractivity contribution in [2.45, 2.75) is 25.7 Å². The third-order valence-electron chi connectivity index (χ3n) is 5.50. The normalized spacial score (nSPS) is 13.7. The van der Waals surface area contributed by atoms with E-state index in [9.17, 15) is 4.79 Å². The predicted octanol–water partition coefficient (Wildman–Crippen LogP) is 2.19. The van der Waals surface area contributed by atoms with Crippen LogP contribution in [0.3, 0.4) is 0 Å². The van der Waals surface area contributed by atoms with Crippen molar-refractivity contribution < 1.29 is 4.79 Å². The van der Waals surface area contributed by atoms with Gasteiger partial charge in [-0.1, -0.05) is 0 Å². The summed E-state index contributed by atoms with van der Waals surface area (Å²) in [6.45, 7) is 1.93. The van der Waals surface area contributed by atoms with Gasteiger partial charge in [-0.15, -0.1) is 0 Å². The second-order valence-electron chi connectivity index (χ2n) is 7.60. The predicted molar refractivity (Wildman–Crippen MR) is 111 cm³/mol. The number of aromatic nitrogens is 7. The van der Waals surface area contributed by atoms with Crippen LogP contribution in [-0.4, -0.2) is 40.2 Å². The summed E-state index contributed by atoms with van der Waals surface area (Å²) >= 11 is 0. The van der Waals surface area contributed by atoms with Gasteiger partial charge in [0.05, 0.1) is 47.0 Å². The molecule has 4 aromatic heterocycles. The number of anilines is 2. The van der Waals surface area contributed by atoms with Crippen LogP contribution in [0, 0.1) is 6.92 Å². The minimum atomic E-state index is -0.656. The number of nitrogens with two attached hydrogens (primary N) is 1. The summed E-state index contributed by atoms with van der Waals surface area (Å²) < 4.78 is 3.63. The fourth-order valence-corrected chi connectivity index (χ4v) is 3.51. The maximum Gasteiger partial charge on any atom is 0.271 e. The SMILES string of the molecule is Cc1c(Nc2nc(C3CC3)c(-c3cncc4c3ncn4C)nc2C(N)=O)cnn1C. The van der Waals surface area contributed by atoms with Crippen molar-refractivity contribution in [1.29, 1.82) is 0 Å². The van der Waals surface area contributed by atoms with Crippen molar-refractivity contribution in [3.63, 3.8) is 0 Å². The van der Waals surface area contributed by atoms with Crippen LogP contribution in [0.4, 0.5) is 11.5 Å². The number of primary amides is 1. The van der Waals surface area contributed by atoms with E-state index in [-0.39, 0.29) is 11.6 Å². The van der Waals surface area contributed by atoms with Gasteiger partial charge in [0.25, 0.3) is 5.91 Å². The molecule has 3 N–H and O–H groups in total. The summed E-state index contributed by atoms with van der Waals surface area (Å²) in [6, 6.07) is 0. The number of carbonyl (C=O) groups excluding carboxylic acids is 1. The van der Waals surface area contributed by atoms with Crippen LogP contribution in [0.15, 0.2) is 24.9 Å². The Kier molecular flexibility index (Phi) is 4.02. The molecule has 4 aromatic rings. The zero-order valence-electron chi connectivity index (χ0n) is 16.9. The number of aryl methyl sites for hydroxylation is 2. The zero-order valence-corrected chi connectivity index (χ0v) is 16.9. The van der Waals surface area contributed by atoms with E-state index in [0.29, 0.717) is 11.5 Å². The monoisotopic (exact) mass is 403 g/mol. The Labute approximate surface area is 172 Å². The van der Waals surface area contributed by atoms with E-state index < -0.39 is 5.91 Å². The topological polar surface area (TPSA) is 129 Å². The standard InChI is InChI=1S/C20H21N9O/c1-10-13(7-24-29(10)3)25-20-18(19(21)30)26-17(15(27-20)11-4-5-11)12-6-22-8-14-16(12)23-9-28(14)2/h6-9,11H,4-5H2,1-3H3,(H2,21,30)(H,25,27). The van der Waals surface area contributed by atoms with Gasteiger partial charge in [-0.25, -0.2) is 15.0 Å². The van der Waals surface area contributed by atoms with E-state index in [1.165, 1.54) is 0 Å². The molecule has 0 spiro atoms. The van der Waals surface area contributed by atoms with Crippen LogP contribution in [0.25, 0.3) is 22.3 Å². The Bertz CT molecular complexity index is 1300. The van der Waals surface area contributed by atoms with Crippen molar-refractivity contribution in [3.8, 4) is 11.3 Å². The van der Waals surface area contributed by atoms with Crippen molar-refractivity contribution in [2.75, 3.05) is 5.32 Å². The van der Waals surface area contributed by atoms with E-state index in [1.807, 2.05) is 25.6 Å². The van der Waals surface area contributed by atoms with E-state index in [0.717, 1.165) is 46.5 Å². The number of fused-ring (bicyclic) bond motifs is 1. The number of hydrogen-bond donors (Lipinski definition) is 2. The molecule has 5 rings (SSSR count). The van der Waals surface area contributed by atoms with Gasteiger partial charge < -0.3 is 15.6 Å². The molecular formula is C20H21N9O. The highest BCUT2D eigenvalue weighted by Crippen LogP contribution is 2.44. The molecule has 0 saturated heterocycles. The molecule has 0 aliphatic heterocycles. The van der Waals surface area contributed by atoms with Crippen LogP contribution in [0.2, 0.25) is 0 Å². The van der Waals surface area contributed by atoms with Gasteiger partial charge in [0, 0.05) is 31.8 Å². The van der Waals surface area contributed by atoms with Crippen molar-refractivity contribution >= 4 is 28.4 Å². The summed E-state index contributed by atoms with van der Waals surface area (Å²) in [6.07, 6.45) is 8.94. The highest BCUT2D eigenvalue weighted by molar-refractivity contribution is 5.98. The lowest BCUT2D eigenvalue weighted by molar-refractivity contribution is 0.0996. The van der Waals surface area contributed by atoms with Gasteiger partial charge >= 0.3 is 0 Å². The maximum atomic E-state index is 12.3. The molecule has 0 bridgehead atoms. The maximum absolute atomic E-state index is 12.3. The molecule has 1 saturated carbocycles. The van der Waals surface area contributed by atoms with E-state index in [2.05, 4.69) is 25.4 Å². The van der Waals surface area contributed by atoms with Gasteiger partial charge in [0.1, 0.15) is 5.52 Å². The van der Waals surface area contributed by atoms with Crippen LogP contribution in [-0.2, 0) is 14.1 Å². The summed E-state index contributed by atoms with van der Waals surface area (Å²) in [5.74, 6) is -0.0364. The minimum Gasteiger partial charge on any atom is -0.364 e. The number of nitrogens with one attached hydrogen (secondary N) is 1. The Morgan fingerprint density at radius 1 is 1.20 bits per heavy atom. The third-order valence-corrected chi connectivity index (χ3v) is 5.50. The molecule has 0 atom stereocenters. The van der Waals surface area contributed by atoms with E-state index in [1.54, 1.807) is 29.6 Å². The lowest BCUT2D eigenvalue weighted by Crippen LogP contribution is -2.18. The molecule has 10 heteroatoms. The van der Waals surface area contributed by atoms with Crippen LogP contribution in [0.1, 0.15) is 40.6 Å². The van der Waals surface area contributed by atoms with Crippen molar-refractivity contribution in [2.24, 2.45) is 19.8 Å². The van der Waals surface area contributed by atoms with Crippen LogP contribution in [0.5, 0.6) is 0 Å². The van der Waals surface area contributed by atoms with Gasteiger partial charge in [0.15, 0.2) is 11.5 Å². The quantitative estimate of drug-likeness (QED) is 0.522. The first-order valence-electron chi connectivity index (χ1n) is 9.66. The summed E-state index contributed by atoms with van der Waals surface area (Å²) in [7, 11) is 3.76. The highest BCUT2D eigenvalue weighted by Gasteiger charge is 2.32. The number of carbonyl (C=O) groups is 1. The fourth-order valence-electron chi connectivity index (χ4n) is 3.51. The molecule has 10 nitrogen and oxygen atoms in total. The van der Waals surface area contributed by atoms with Crippen molar-refractivity contribution in [3.05, 3.63) is 42.0 Å². The number of imidazole rings is 1. The fraction of sp³-hybridized carbons (Fsp3) is 0.300. The molecule has 30 heavy (non-hydrogen) atoms. The molecule has 0 radical (unpaired) electrons. The molecule has 1 amide bonds. The van der Waals surface area contributed by atoms with Gasteiger partial charge in [-0.3, -0.25) is 14.5 Å². The molecule has 4 heterocycles. The highest BCUT2D eigenvalue weighted by atomic mass is 16.1. The van der Waals surface area contributed by atoms with Crippen LogP contribution < -0.4 is 11.1 Å². The number of amides is 1. The Morgan fingerprint density at radius 2 is 2.00 bits per heavy atom.